The maximum absolute atomic E-state index is 12.6. The van der Waals surface area contributed by atoms with E-state index in [0.717, 1.165) is 12.1 Å². The lowest BCUT2D eigenvalue weighted by Crippen LogP contribution is -1.95. The molecule has 3 heteroatoms. The Hall–Kier alpha value is -0.990. The Labute approximate surface area is 89.1 Å². The van der Waals surface area contributed by atoms with Gasteiger partial charge in [-0.1, -0.05) is 34.1 Å². The Morgan fingerprint density at radius 2 is 1.33 bits per heavy atom. The molecule has 0 saturated carbocycles. The Morgan fingerprint density at radius 3 is 1.60 bits per heavy atom. The van der Waals surface area contributed by atoms with E-state index in [4.69, 9.17) is 0 Å². The second-order valence-electron chi connectivity index (χ2n) is 3.66. The van der Waals surface area contributed by atoms with Crippen molar-refractivity contribution in [2.45, 2.75) is 40.0 Å². The highest BCUT2D eigenvalue weighted by Gasteiger charge is 2.11. The Kier molecular flexibility index (Phi) is 6.06. The molecule has 0 radical (unpaired) electrons. The van der Waals surface area contributed by atoms with Gasteiger partial charge in [0, 0.05) is 0 Å². The van der Waals surface area contributed by atoms with Crippen molar-refractivity contribution in [1.29, 1.82) is 0 Å². The van der Waals surface area contributed by atoms with Crippen LogP contribution in [-0.4, -0.2) is 0 Å². The Balaban J connectivity index is 0.000000583. The number of rotatable bonds is 1. The summed E-state index contributed by atoms with van der Waals surface area (Å²) in [7, 11) is 0. The van der Waals surface area contributed by atoms with Crippen molar-refractivity contribution < 1.29 is 13.2 Å². The molecular weight excluding hydrogens is 201 g/mol. The fourth-order valence-electron chi connectivity index (χ4n) is 0.908. The van der Waals surface area contributed by atoms with Crippen LogP contribution in [0.3, 0.4) is 0 Å². The van der Waals surface area contributed by atoms with E-state index in [1.54, 1.807) is 13.8 Å². The van der Waals surface area contributed by atoms with E-state index in [1.807, 2.05) is 0 Å². The van der Waals surface area contributed by atoms with Crippen molar-refractivity contribution in [2.24, 2.45) is 0 Å². The topological polar surface area (TPSA) is 0 Å². The van der Waals surface area contributed by atoms with Crippen molar-refractivity contribution in [3.05, 3.63) is 35.1 Å². The molecule has 15 heavy (non-hydrogen) atoms. The van der Waals surface area contributed by atoms with E-state index in [-0.39, 0.29) is 5.92 Å². The molecule has 1 aromatic rings. The lowest BCUT2D eigenvalue weighted by Gasteiger charge is -2.05. The summed E-state index contributed by atoms with van der Waals surface area (Å²) in [4.78, 5) is 0. The first kappa shape index (κ1) is 14.0. The van der Waals surface area contributed by atoms with Crippen LogP contribution in [0, 0.1) is 17.5 Å². The minimum Gasteiger partial charge on any atom is -0.204 e. The van der Waals surface area contributed by atoms with Gasteiger partial charge in [0.2, 0.25) is 0 Å². The molecule has 0 atom stereocenters. The molecule has 0 aromatic heterocycles. The number of halogens is 3. The molecule has 0 unspecified atom stereocenters. The molecule has 0 aliphatic carbocycles. The number of hydrogen-bond donors (Lipinski definition) is 0. The lowest BCUT2D eigenvalue weighted by atomic mass is 10.0. The highest BCUT2D eigenvalue weighted by molar-refractivity contribution is 5.21. The first-order valence-electron chi connectivity index (χ1n) is 5.08. The molecule has 0 bridgehead atoms. The fourth-order valence-corrected chi connectivity index (χ4v) is 0.908. The van der Waals surface area contributed by atoms with E-state index in [1.165, 1.54) is 6.42 Å². The van der Waals surface area contributed by atoms with Gasteiger partial charge in [0.05, 0.1) is 0 Å². The molecular formula is C12H17F3. The third-order valence-corrected chi connectivity index (χ3v) is 1.67. The van der Waals surface area contributed by atoms with Gasteiger partial charge in [-0.25, -0.2) is 13.2 Å². The molecule has 1 aromatic carbocycles. The standard InChI is InChI=1S/C9H9F3.C3H8/c1-5(2)6-3-7(10)9(12)8(11)4-6;1-3-2/h3-5H,1-2H3;3H2,1-2H3. The monoisotopic (exact) mass is 218 g/mol. The van der Waals surface area contributed by atoms with E-state index in [0.29, 0.717) is 5.56 Å². The van der Waals surface area contributed by atoms with Gasteiger partial charge < -0.3 is 0 Å². The molecule has 1 rings (SSSR count). The summed E-state index contributed by atoms with van der Waals surface area (Å²) in [5.74, 6) is -3.66. The SMILES string of the molecule is CC(C)c1cc(F)c(F)c(F)c1.CCC. The van der Waals surface area contributed by atoms with E-state index in [9.17, 15) is 13.2 Å². The van der Waals surface area contributed by atoms with Crippen LogP contribution in [0.1, 0.15) is 45.6 Å². The van der Waals surface area contributed by atoms with Gasteiger partial charge in [0.15, 0.2) is 17.5 Å². The first-order valence-corrected chi connectivity index (χ1v) is 5.08. The normalized spacial score (nSPS) is 9.87. The smallest absolute Gasteiger partial charge is 0.194 e. The van der Waals surface area contributed by atoms with E-state index in [2.05, 4.69) is 13.8 Å². The second kappa shape index (κ2) is 6.49. The zero-order valence-electron chi connectivity index (χ0n) is 9.57. The molecule has 0 aliphatic heterocycles. The maximum atomic E-state index is 12.6. The van der Waals surface area contributed by atoms with Gasteiger partial charge in [-0.15, -0.1) is 0 Å². The van der Waals surface area contributed by atoms with Crippen LogP contribution in [0.25, 0.3) is 0 Å². The number of hydrogen-bond acceptors (Lipinski definition) is 0. The summed E-state index contributed by atoms with van der Waals surface area (Å²) in [5.41, 5.74) is 0.464. The van der Waals surface area contributed by atoms with Gasteiger partial charge in [-0.05, 0) is 23.6 Å². The van der Waals surface area contributed by atoms with Crippen LogP contribution in [0.15, 0.2) is 12.1 Å². The van der Waals surface area contributed by atoms with Crippen LogP contribution < -0.4 is 0 Å². The largest absolute Gasteiger partial charge is 0.204 e. The average Bonchev–Trinajstić information content (AvgIpc) is 2.14. The molecule has 0 saturated heterocycles. The summed E-state index contributed by atoms with van der Waals surface area (Å²) < 4.78 is 37.6. The average molecular weight is 218 g/mol. The third-order valence-electron chi connectivity index (χ3n) is 1.67. The molecule has 0 N–H and O–H groups in total. The van der Waals surface area contributed by atoms with Gasteiger partial charge in [-0.3, -0.25) is 0 Å². The fraction of sp³-hybridized carbons (Fsp3) is 0.500. The molecule has 0 nitrogen and oxygen atoms in total. The molecule has 0 spiro atoms. The Bertz CT molecular complexity index is 283. The van der Waals surface area contributed by atoms with Gasteiger partial charge in [0.1, 0.15) is 0 Å². The van der Waals surface area contributed by atoms with E-state index < -0.39 is 17.5 Å². The highest BCUT2D eigenvalue weighted by atomic mass is 19.2. The summed E-state index contributed by atoms with van der Waals surface area (Å²) in [6.07, 6.45) is 1.25. The first-order chi connectivity index (χ1) is 6.93. The van der Waals surface area contributed by atoms with E-state index >= 15 is 0 Å². The van der Waals surface area contributed by atoms with Gasteiger partial charge >= 0.3 is 0 Å². The Morgan fingerprint density at radius 1 is 1.00 bits per heavy atom. The minimum absolute atomic E-state index is 0.00500. The molecule has 0 fully saturated rings. The third kappa shape index (κ3) is 4.36. The van der Waals surface area contributed by atoms with Crippen LogP contribution in [0.4, 0.5) is 13.2 Å². The number of benzene rings is 1. The maximum Gasteiger partial charge on any atom is 0.194 e. The molecule has 0 heterocycles. The van der Waals surface area contributed by atoms with Crippen LogP contribution >= 0.6 is 0 Å². The van der Waals surface area contributed by atoms with Crippen molar-refractivity contribution in [1.82, 2.24) is 0 Å². The van der Waals surface area contributed by atoms with Gasteiger partial charge in [-0.2, -0.15) is 0 Å². The van der Waals surface area contributed by atoms with Crippen molar-refractivity contribution in [3.8, 4) is 0 Å². The predicted octanol–water partition coefficient (Wildman–Crippen LogP) is 4.64. The molecule has 86 valence electrons. The predicted molar refractivity (Wildman–Crippen MR) is 56.4 cm³/mol. The zero-order chi connectivity index (χ0) is 12.0. The summed E-state index contributed by atoms with van der Waals surface area (Å²) in [5, 5.41) is 0. The van der Waals surface area contributed by atoms with Gasteiger partial charge in [0.25, 0.3) is 0 Å². The molecule has 0 amide bonds. The zero-order valence-corrected chi connectivity index (χ0v) is 9.57. The van der Waals surface area contributed by atoms with Crippen LogP contribution in [-0.2, 0) is 0 Å². The highest BCUT2D eigenvalue weighted by Crippen LogP contribution is 2.19. The van der Waals surface area contributed by atoms with Crippen LogP contribution in [0.5, 0.6) is 0 Å². The summed E-state index contributed by atoms with van der Waals surface area (Å²) in [6.45, 7) is 7.82. The quantitative estimate of drug-likeness (QED) is 0.602. The molecule has 0 aliphatic rings. The lowest BCUT2D eigenvalue weighted by molar-refractivity contribution is 0.444. The second-order valence-corrected chi connectivity index (χ2v) is 3.66. The summed E-state index contributed by atoms with van der Waals surface area (Å²) in [6, 6.07) is 2.03. The minimum atomic E-state index is -1.40. The van der Waals surface area contributed by atoms with Crippen molar-refractivity contribution >= 4 is 0 Å². The van der Waals surface area contributed by atoms with Crippen molar-refractivity contribution in [2.75, 3.05) is 0 Å². The van der Waals surface area contributed by atoms with Crippen molar-refractivity contribution in [3.63, 3.8) is 0 Å². The van der Waals surface area contributed by atoms with Crippen LogP contribution in [0.2, 0.25) is 0 Å². The summed E-state index contributed by atoms with van der Waals surface area (Å²) >= 11 is 0.